The Morgan fingerprint density at radius 3 is 2.97 bits per heavy atom. The van der Waals surface area contributed by atoms with Gasteiger partial charge in [0.1, 0.15) is 0 Å². The van der Waals surface area contributed by atoms with Crippen LogP contribution in [0.25, 0.3) is 0 Å². The Hall–Kier alpha value is -2.54. The predicted octanol–water partition coefficient (Wildman–Crippen LogP) is 2.28. The van der Waals surface area contributed by atoms with Crippen molar-refractivity contribution in [3.8, 4) is 0 Å². The van der Waals surface area contributed by atoms with Gasteiger partial charge in [0.05, 0.1) is 17.4 Å². The minimum atomic E-state index is -0.506. The molecule has 1 saturated carbocycles. The van der Waals surface area contributed by atoms with E-state index in [0.29, 0.717) is 35.5 Å². The quantitative estimate of drug-likeness (QED) is 0.716. The van der Waals surface area contributed by atoms with E-state index in [2.05, 4.69) is 33.3 Å². The second kappa shape index (κ2) is 8.45. The zero-order valence-corrected chi connectivity index (χ0v) is 16.8. The van der Waals surface area contributed by atoms with Crippen molar-refractivity contribution < 1.29 is 9.90 Å². The largest absolute Gasteiger partial charge is 0.393 e. The van der Waals surface area contributed by atoms with Crippen LogP contribution >= 0.6 is 0 Å². The predicted molar refractivity (Wildman–Crippen MR) is 110 cm³/mol. The number of aliphatic hydroxyl groups excluding tert-OH is 1. The number of nitrogens with zero attached hydrogens (tertiary/aromatic N) is 3. The van der Waals surface area contributed by atoms with E-state index in [1.54, 1.807) is 0 Å². The second-order valence-corrected chi connectivity index (χ2v) is 8.54. The van der Waals surface area contributed by atoms with Gasteiger partial charge in [0.25, 0.3) is 5.91 Å². The third-order valence-electron chi connectivity index (χ3n) is 6.39. The summed E-state index contributed by atoms with van der Waals surface area (Å²) < 4.78 is 0. The van der Waals surface area contributed by atoms with Gasteiger partial charge in [-0.05, 0) is 68.4 Å². The molecule has 4 atom stereocenters. The van der Waals surface area contributed by atoms with Crippen molar-refractivity contribution in [2.45, 2.75) is 64.0 Å². The lowest BCUT2D eigenvalue weighted by molar-refractivity contribution is 0.0531. The monoisotopic (exact) mass is 395 g/mol. The van der Waals surface area contributed by atoms with Crippen LogP contribution < -0.4 is 11.1 Å². The van der Waals surface area contributed by atoms with Crippen LogP contribution in [0.5, 0.6) is 0 Å². The first-order valence-corrected chi connectivity index (χ1v) is 10.5. The van der Waals surface area contributed by atoms with Crippen molar-refractivity contribution >= 4 is 11.9 Å². The fourth-order valence-corrected chi connectivity index (χ4v) is 4.56. The van der Waals surface area contributed by atoms with Crippen molar-refractivity contribution in [3.05, 3.63) is 47.0 Å². The zero-order chi connectivity index (χ0) is 20.4. The molecular formula is C22H29N5O2. The maximum atomic E-state index is 11.9. The number of aryl methyl sites for hydroxylation is 1. The number of nitrogens with one attached hydrogen (secondary N) is 1. The lowest BCUT2D eigenvalue weighted by atomic mass is 9.78. The molecule has 1 fully saturated rings. The fourth-order valence-electron chi connectivity index (χ4n) is 4.56. The first-order chi connectivity index (χ1) is 14.0. The Labute approximate surface area is 171 Å². The van der Waals surface area contributed by atoms with Crippen molar-refractivity contribution in [1.82, 2.24) is 15.0 Å². The van der Waals surface area contributed by atoms with Crippen molar-refractivity contribution in [1.29, 1.82) is 0 Å². The first kappa shape index (κ1) is 19.8. The molecule has 2 aliphatic rings. The molecule has 0 aliphatic heterocycles. The van der Waals surface area contributed by atoms with E-state index in [0.717, 1.165) is 38.5 Å². The molecule has 0 unspecified atom stereocenters. The van der Waals surface area contributed by atoms with E-state index in [1.807, 2.05) is 12.3 Å². The van der Waals surface area contributed by atoms with Gasteiger partial charge in [0, 0.05) is 24.1 Å². The van der Waals surface area contributed by atoms with Gasteiger partial charge < -0.3 is 16.2 Å². The number of aliphatic hydroxyl groups is 1. The highest BCUT2D eigenvalue weighted by atomic mass is 16.3. The van der Waals surface area contributed by atoms with E-state index in [9.17, 15) is 9.90 Å². The Morgan fingerprint density at radius 2 is 2.17 bits per heavy atom. The van der Waals surface area contributed by atoms with Gasteiger partial charge in [-0.3, -0.25) is 9.78 Å². The van der Waals surface area contributed by atoms with Gasteiger partial charge >= 0.3 is 0 Å². The number of nitrogens with two attached hydrogens (primary N) is 1. The number of carbonyl (C=O) groups is 1. The molecule has 2 aromatic rings. The molecule has 154 valence electrons. The van der Waals surface area contributed by atoms with E-state index < -0.39 is 5.91 Å². The van der Waals surface area contributed by atoms with Gasteiger partial charge in [-0.15, -0.1) is 0 Å². The average Bonchev–Trinajstić information content (AvgIpc) is 2.71. The number of fused-ring (bicyclic) bond motifs is 1. The molecule has 2 aliphatic carbocycles. The van der Waals surface area contributed by atoms with Crippen molar-refractivity contribution in [2.24, 2.45) is 17.6 Å². The Bertz CT molecular complexity index is 887. The molecule has 2 aromatic heterocycles. The number of hydrogen-bond acceptors (Lipinski definition) is 6. The molecule has 29 heavy (non-hydrogen) atoms. The summed E-state index contributed by atoms with van der Waals surface area (Å²) >= 11 is 0. The van der Waals surface area contributed by atoms with Crippen LogP contribution in [0.2, 0.25) is 0 Å². The van der Waals surface area contributed by atoms with Crippen LogP contribution in [0.15, 0.2) is 24.5 Å². The van der Waals surface area contributed by atoms with Gasteiger partial charge in [-0.2, -0.15) is 0 Å². The molecule has 0 radical (unpaired) electrons. The number of anilines is 1. The number of pyridine rings is 1. The van der Waals surface area contributed by atoms with Crippen LogP contribution in [0.4, 0.5) is 5.95 Å². The highest BCUT2D eigenvalue weighted by molar-refractivity contribution is 5.93. The van der Waals surface area contributed by atoms with Crippen LogP contribution in [0.3, 0.4) is 0 Å². The molecule has 0 saturated heterocycles. The number of carbonyl (C=O) groups excluding carboxylic acids is 1. The minimum Gasteiger partial charge on any atom is -0.393 e. The van der Waals surface area contributed by atoms with E-state index >= 15 is 0 Å². The van der Waals surface area contributed by atoms with Gasteiger partial charge in [-0.1, -0.05) is 13.0 Å². The average molecular weight is 396 g/mol. The first-order valence-electron chi connectivity index (χ1n) is 10.5. The normalized spacial score (nSPS) is 26.6. The van der Waals surface area contributed by atoms with Gasteiger partial charge in [0.2, 0.25) is 5.95 Å². The molecule has 7 heteroatoms. The smallest absolute Gasteiger partial charge is 0.252 e. The SMILES string of the molecule is C[C@@H]1CC[C@@H](Cc2nc(N[C@H]3CCc4ncccc4C3)ncc2C(N)=O)C[C@H]1O. The Balaban J connectivity index is 1.49. The van der Waals surface area contributed by atoms with E-state index in [4.69, 9.17) is 5.73 Å². The van der Waals surface area contributed by atoms with Crippen molar-refractivity contribution in [2.75, 3.05) is 5.32 Å². The Kier molecular flexibility index (Phi) is 5.76. The lowest BCUT2D eigenvalue weighted by Gasteiger charge is -2.31. The molecule has 4 N–H and O–H groups in total. The zero-order valence-electron chi connectivity index (χ0n) is 16.8. The molecule has 0 spiro atoms. The summed E-state index contributed by atoms with van der Waals surface area (Å²) in [5.74, 6) is 0.656. The summed E-state index contributed by atoms with van der Waals surface area (Å²) in [6.07, 6.45) is 9.24. The number of aromatic nitrogens is 3. The third kappa shape index (κ3) is 4.56. The Morgan fingerprint density at radius 1 is 1.31 bits per heavy atom. The van der Waals surface area contributed by atoms with Crippen molar-refractivity contribution in [3.63, 3.8) is 0 Å². The van der Waals surface area contributed by atoms with Crippen LogP contribution in [0, 0.1) is 11.8 Å². The lowest BCUT2D eigenvalue weighted by Crippen LogP contribution is -2.30. The highest BCUT2D eigenvalue weighted by Crippen LogP contribution is 2.31. The van der Waals surface area contributed by atoms with Gasteiger partial charge in [-0.25, -0.2) is 9.97 Å². The molecular weight excluding hydrogens is 366 g/mol. The molecule has 0 aromatic carbocycles. The number of amides is 1. The standard InChI is InChI=1S/C22H29N5O2/c1-13-4-5-14(10-20(13)28)9-19-17(21(23)29)12-25-22(27-19)26-16-6-7-18-15(11-16)3-2-8-24-18/h2-3,8,12-14,16,20,28H,4-7,9-11H2,1H3,(H2,23,29)(H,25,26,27)/t13-,14+,16+,20-/m1/s1. The summed E-state index contributed by atoms with van der Waals surface area (Å²) in [5, 5.41) is 13.6. The summed E-state index contributed by atoms with van der Waals surface area (Å²) in [7, 11) is 0. The maximum absolute atomic E-state index is 11.9. The summed E-state index contributed by atoms with van der Waals surface area (Å²) in [5.41, 5.74) is 9.05. The third-order valence-corrected chi connectivity index (χ3v) is 6.39. The van der Waals surface area contributed by atoms with Crippen LogP contribution in [-0.2, 0) is 19.3 Å². The molecule has 0 bridgehead atoms. The minimum absolute atomic E-state index is 0.233. The number of hydrogen-bond donors (Lipinski definition) is 3. The molecule has 7 nitrogen and oxygen atoms in total. The molecule has 2 heterocycles. The van der Waals surface area contributed by atoms with Crippen LogP contribution in [0.1, 0.15) is 59.9 Å². The van der Waals surface area contributed by atoms with Crippen LogP contribution in [-0.4, -0.2) is 38.1 Å². The summed E-state index contributed by atoms with van der Waals surface area (Å²) in [6.45, 7) is 2.08. The second-order valence-electron chi connectivity index (χ2n) is 8.54. The summed E-state index contributed by atoms with van der Waals surface area (Å²) in [4.78, 5) is 25.3. The van der Waals surface area contributed by atoms with E-state index in [1.165, 1.54) is 17.5 Å². The van der Waals surface area contributed by atoms with E-state index in [-0.39, 0.29) is 12.1 Å². The maximum Gasteiger partial charge on any atom is 0.252 e. The highest BCUT2D eigenvalue weighted by Gasteiger charge is 2.28. The number of primary amides is 1. The number of rotatable bonds is 5. The summed E-state index contributed by atoms with van der Waals surface area (Å²) in [6, 6.07) is 4.32. The molecule has 1 amide bonds. The topological polar surface area (TPSA) is 114 Å². The van der Waals surface area contributed by atoms with Gasteiger partial charge in [0.15, 0.2) is 0 Å². The fraction of sp³-hybridized carbons (Fsp3) is 0.545. The molecule has 4 rings (SSSR count).